The van der Waals surface area contributed by atoms with Gasteiger partial charge in [0.05, 0.1) is 12.2 Å². The highest BCUT2D eigenvalue weighted by Crippen LogP contribution is 2.23. The molecule has 0 fully saturated rings. The second-order valence-electron chi connectivity index (χ2n) is 4.81. The van der Waals surface area contributed by atoms with Crippen molar-refractivity contribution in [2.24, 2.45) is 5.73 Å². The van der Waals surface area contributed by atoms with E-state index in [1.807, 2.05) is 32.0 Å². The third kappa shape index (κ3) is 3.76. The molecule has 0 aliphatic rings. The van der Waals surface area contributed by atoms with E-state index in [0.717, 1.165) is 23.6 Å². The van der Waals surface area contributed by atoms with E-state index in [-0.39, 0.29) is 10.8 Å². The largest absolute Gasteiger partial charge is 0.389 e. The Morgan fingerprint density at radius 1 is 1.33 bits per heavy atom. The summed E-state index contributed by atoms with van der Waals surface area (Å²) in [5.41, 5.74) is 9.02. The van der Waals surface area contributed by atoms with Crippen LogP contribution in [0.25, 0.3) is 0 Å². The van der Waals surface area contributed by atoms with Crippen LogP contribution in [0.3, 0.4) is 0 Å². The first kappa shape index (κ1) is 15.4. The normalized spacial score (nSPS) is 10.4. The number of halogens is 1. The third-order valence-electron chi connectivity index (χ3n) is 3.25. The van der Waals surface area contributed by atoms with Gasteiger partial charge in [-0.25, -0.2) is 4.39 Å². The molecule has 0 unspecified atom stereocenters. The zero-order valence-corrected chi connectivity index (χ0v) is 13.0. The van der Waals surface area contributed by atoms with Crippen molar-refractivity contribution in [1.29, 1.82) is 0 Å². The van der Waals surface area contributed by atoms with E-state index in [4.69, 9.17) is 18.0 Å². The van der Waals surface area contributed by atoms with E-state index in [1.54, 1.807) is 6.07 Å². The predicted octanol–water partition coefficient (Wildman–Crippen LogP) is 3.19. The van der Waals surface area contributed by atoms with Gasteiger partial charge in [-0.1, -0.05) is 18.3 Å². The molecule has 0 atom stereocenters. The number of benzene rings is 1. The van der Waals surface area contributed by atoms with Crippen molar-refractivity contribution < 1.29 is 4.39 Å². The van der Waals surface area contributed by atoms with Crippen LogP contribution in [-0.4, -0.2) is 16.5 Å². The van der Waals surface area contributed by atoms with E-state index in [9.17, 15) is 4.39 Å². The van der Waals surface area contributed by atoms with Crippen molar-refractivity contribution in [3.8, 4) is 0 Å². The molecule has 0 spiro atoms. The van der Waals surface area contributed by atoms with Crippen molar-refractivity contribution in [2.45, 2.75) is 20.4 Å². The average molecular weight is 303 g/mol. The summed E-state index contributed by atoms with van der Waals surface area (Å²) in [6.07, 6.45) is 0. The lowest BCUT2D eigenvalue weighted by atomic mass is 10.1. The van der Waals surface area contributed by atoms with Crippen LogP contribution in [0.5, 0.6) is 0 Å². The molecule has 0 saturated heterocycles. The van der Waals surface area contributed by atoms with Gasteiger partial charge in [0, 0.05) is 23.5 Å². The number of pyridine rings is 1. The van der Waals surface area contributed by atoms with Crippen LogP contribution < -0.4 is 10.6 Å². The van der Waals surface area contributed by atoms with E-state index < -0.39 is 0 Å². The minimum absolute atomic E-state index is 0.195. The van der Waals surface area contributed by atoms with Crippen LogP contribution in [-0.2, 0) is 6.54 Å². The summed E-state index contributed by atoms with van der Waals surface area (Å²) in [6.45, 7) is 5.36. The van der Waals surface area contributed by atoms with E-state index in [0.29, 0.717) is 12.1 Å². The van der Waals surface area contributed by atoms with Gasteiger partial charge in [0.25, 0.3) is 0 Å². The molecule has 0 aliphatic carbocycles. The molecule has 0 radical (unpaired) electrons. The lowest BCUT2D eigenvalue weighted by Crippen LogP contribution is -2.26. The molecule has 0 aliphatic heterocycles. The second kappa shape index (κ2) is 6.63. The van der Waals surface area contributed by atoms with E-state index >= 15 is 0 Å². The Bertz CT molecular complexity index is 658. The fourth-order valence-electron chi connectivity index (χ4n) is 2.23. The van der Waals surface area contributed by atoms with Gasteiger partial charge < -0.3 is 10.6 Å². The molecule has 3 nitrogen and oxygen atoms in total. The minimum atomic E-state index is -0.341. The third-order valence-corrected chi connectivity index (χ3v) is 3.47. The van der Waals surface area contributed by atoms with Crippen molar-refractivity contribution >= 4 is 22.9 Å². The number of aryl methyl sites for hydroxylation is 1. The molecular weight excluding hydrogens is 285 g/mol. The maximum absolute atomic E-state index is 13.4. The van der Waals surface area contributed by atoms with Gasteiger partial charge in [0.1, 0.15) is 10.8 Å². The van der Waals surface area contributed by atoms with Crippen LogP contribution in [0.4, 0.5) is 10.1 Å². The van der Waals surface area contributed by atoms with Crippen molar-refractivity contribution in [1.82, 2.24) is 4.98 Å². The first-order valence-electron chi connectivity index (χ1n) is 6.78. The predicted molar refractivity (Wildman–Crippen MR) is 88.0 cm³/mol. The summed E-state index contributed by atoms with van der Waals surface area (Å²) >= 11 is 5.03. The van der Waals surface area contributed by atoms with Gasteiger partial charge in [-0.2, -0.15) is 0 Å². The van der Waals surface area contributed by atoms with Gasteiger partial charge in [0.2, 0.25) is 0 Å². The lowest BCUT2D eigenvalue weighted by Gasteiger charge is -2.25. The summed E-state index contributed by atoms with van der Waals surface area (Å²) in [5.74, 6) is -0.341. The first-order valence-corrected chi connectivity index (χ1v) is 7.19. The molecular formula is C16H18FN3S. The van der Waals surface area contributed by atoms with Gasteiger partial charge in [-0.05, 0) is 44.2 Å². The molecule has 0 amide bonds. The standard InChI is InChI=1S/C16H18FN3S/c1-3-20(10-13-6-4-5-11(2)19-13)15-8-7-12(17)9-14(15)16(18)21/h4-9H,3,10H2,1-2H3,(H2,18,21). The summed E-state index contributed by atoms with van der Waals surface area (Å²) < 4.78 is 13.4. The molecule has 110 valence electrons. The topological polar surface area (TPSA) is 42.2 Å². The summed E-state index contributed by atoms with van der Waals surface area (Å²) in [5, 5.41) is 0. The molecule has 5 heteroatoms. The Balaban J connectivity index is 2.35. The number of anilines is 1. The van der Waals surface area contributed by atoms with Gasteiger partial charge in [-0.3, -0.25) is 4.98 Å². The van der Waals surface area contributed by atoms with E-state index in [1.165, 1.54) is 12.1 Å². The Labute approximate surface area is 129 Å². The fourth-order valence-corrected chi connectivity index (χ4v) is 2.40. The molecule has 2 N–H and O–H groups in total. The summed E-state index contributed by atoms with van der Waals surface area (Å²) in [7, 11) is 0. The highest BCUT2D eigenvalue weighted by Gasteiger charge is 2.13. The van der Waals surface area contributed by atoms with Crippen LogP contribution in [0.15, 0.2) is 36.4 Å². The minimum Gasteiger partial charge on any atom is -0.389 e. The number of hydrogen-bond donors (Lipinski definition) is 1. The molecule has 0 bridgehead atoms. The first-order chi connectivity index (χ1) is 10.0. The maximum Gasteiger partial charge on any atom is 0.124 e. The molecule has 1 heterocycles. The molecule has 1 aromatic heterocycles. The number of hydrogen-bond acceptors (Lipinski definition) is 3. The fraction of sp³-hybridized carbons (Fsp3) is 0.250. The molecule has 1 aromatic carbocycles. The SMILES string of the molecule is CCN(Cc1cccc(C)n1)c1ccc(F)cc1C(N)=S. The van der Waals surface area contributed by atoms with Crippen LogP contribution in [0.1, 0.15) is 23.9 Å². The number of aromatic nitrogens is 1. The van der Waals surface area contributed by atoms with Gasteiger partial charge >= 0.3 is 0 Å². The summed E-state index contributed by atoms with van der Waals surface area (Å²) in [6, 6.07) is 10.4. The lowest BCUT2D eigenvalue weighted by molar-refractivity contribution is 0.627. The zero-order chi connectivity index (χ0) is 15.4. The zero-order valence-electron chi connectivity index (χ0n) is 12.1. The highest BCUT2D eigenvalue weighted by atomic mass is 32.1. The second-order valence-corrected chi connectivity index (χ2v) is 5.25. The van der Waals surface area contributed by atoms with Crippen LogP contribution in [0.2, 0.25) is 0 Å². The van der Waals surface area contributed by atoms with Crippen molar-refractivity contribution in [2.75, 3.05) is 11.4 Å². The Hall–Kier alpha value is -2.01. The highest BCUT2D eigenvalue weighted by molar-refractivity contribution is 7.80. The number of nitrogens with two attached hydrogens (primary N) is 1. The Morgan fingerprint density at radius 3 is 2.71 bits per heavy atom. The summed E-state index contributed by atoms with van der Waals surface area (Å²) in [4.78, 5) is 6.77. The molecule has 21 heavy (non-hydrogen) atoms. The maximum atomic E-state index is 13.4. The number of thiocarbonyl (C=S) groups is 1. The van der Waals surface area contributed by atoms with Crippen molar-refractivity contribution in [3.05, 3.63) is 59.2 Å². The quantitative estimate of drug-likeness (QED) is 0.861. The molecule has 2 aromatic rings. The average Bonchev–Trinajstić information content (AvgIpc) is 2.45. The Kier molecular flexibility index (Phi) is 4.85. The molecule has 2 rings (SSSR count). The van der Waals surface area contributed by atoms with Crippen molar-refractivity contribution in [3.63, 3.8) is 0 Å². The van der Waals surface area contributed by atoms with Crippen LogP contribution in [0, 0.1) is 12.7 Å². The van der Waals surface area contributed by atoms with E-state index in [2.05, 4.69) is 9.88 Å². The van der Waals surface area contributed by atoms with Gasteiger partial charge in [-0.15, -0.1) is 0 Å². The smallest absolute Gasteiger partial charge is 0.124 e. The van der Waals surface area contributed by atoms with Gasteiger partial charge in [0.15, 0.2) is 0 Å². The van der Waals surface area contributed by atoms with Crippen LogP contribution >= 0.6 is 12.2 Å². The monoisotopic (exact) mass is 303 g/mol. The number of rotatable bonds is 5. The number of nitrogens with zero attached hydrogens (tertiary/aromatic N) is 2. The Morgan fingerprint density at radius 2 is 2.10 bits per heavy atom. The molecule has 0 saturated carbocycles.